The lowest BCUT2D eigenvalue weighted by atomic mass is 10.2. The molecule has 1 aromatic carbocycles. The molecule has 97 valence electrons. The molecule has 1 radical (unpaired) electrons. The largest absolute Gasteiger partial charge is 0.302 e. The summed E-state index contributed by atoms with van der Waals surface area (Å²) in [5, 5.41) is 0.485. The van der Waals surface area contributed by atoms with Crippen molar-refractivity contribution in [3.63, 3.8) is 0 Å². The van der Waals surface area contributed by atoms with Gasteiger partial charge in [0.1, 0.15) is 6.29 Å². The topological polar surface area (TPSA) is 54.5 Å². The van der Waals surface area contributed by atoms with Crippen molar-refractivity contribution in [1.82, 2.24) is 4.31 Å². The maximum atomic E-state index is 12.3. The summed E-state index contributed by atoms with van der Waals surface area (Å²) < 4.78 is 25.8. The fraction of sp³-hybridized carbons (Fsp3) is 0.273. The van der Waals surface area contributed by atoms with Gasteiger partial charge in [0.2, 0.25) is 10.0 Å². The van der Waals surface area contributed by atoms with Crippen molar-refractivity contribution in [2.75, 3.05) is 6.54 Å². The average molecular weight is 307 g/mol. The zero-order valence-electron chi connectivity index (χ0n) is 9.21. The Balaban J connectivity index is 2.44. The van der Waals surface area contributed by atoms with E-state index in [1.165, 1.54) is 18.2 Å². The lowest BCUT2D eigenvalue weighted by Gasteiger charge is -2.20. The molecule has 1 atom stereocenters. The zero-order chi connectivity index (χ0) is 13.3. The van der Waals surface area contributed by atoms with Gasteiger partial charge >= 0.3 is 0 Å². The number of aldehydes is 1. The predicted octanol–water partition coefficient (Wildman–Crippen LogP) is 2.16. The highest BCUT2D eigenvalue weighted by molar-refractivity contribution is 7.89. The van der Waals surface area contributed by atoms with Crippen molar-refractivity contribution in [1.29, 1.82) is 0 Å². The normalized spacial score (nSPS) is 21.1. The van der Waals surface area contributed by atoms with Crippen LogP contribution in [0.4, 0.5) is 0 Å². The molecule has 4 nitrogen and oxygen atoms in total. The van der Waals surface area contributed by atoms with Gasteiger partial charge in [-0.15, -0.1) is 0 Å². The summed E-state index contributed by atoms with van der Waals surface area (Å²) in [7, 11) is -3.74. The van der Waals surface area contributed by atoms with Gasteiger partial charge in [-0.2, -0.15) is 4.31 Å². The molecule has 1 aliphatic heterocycles. The minimum absolute atomic E-state index is 0.00199. The smallest absolute Gasteiger partial charge is 0.243 e. The molecule has 0 aliphatic carbocycles. The van der Waals surface area contributed by atoms with Gasteiger partial charge in [-0.05, 0) is 31.0 Å². The van der Waals surface area contributed by atoms with Gasteiger partial charge in [0.15, 0.2) is 0 Å². The van der Waals surface area contributed by atoms with E-state index in [1.54, 1.807) is 6.42 Å². The number of hydrogen-bond acceptors (Lipinski definition) is 3. The van der Waals surface area contributed by atoms with Gasteiger partial charge in [0.05, 0.1) is 10.9 Å². The van der Waals surface area contributed by atoms with Crippen LogP contribution in [0.5, 0.6) is 0 Å². The van der Waals surface area contributed by atoms with E-state index in [9.17, 15) is 13.2 Å². The first kappa shape index (κ1) is 13.8. The molecule has 1 heterocycles. The van der Waals surface area contributed by atoms with Crippen LogP contribution in [0, 0.1) is 6.42 Å². The Morgan fingerprint density at radius 2 is 1.83 bits per heavy atom. The Labute approximate surface area is 116 Å². The van der Waals surface area contributed by atoms with E-state index in [0.717, 1.165) is 4.31 Å². The van der Waals surface area contributed by atoms with Crippen LogP contribution >= 0.6 is 23.2 Å². The highest BCUT2D eigenvalue weighted by Crippen LogP contribution is 2.28. The first-order valence-corrected chi connectivity index (χ1v) is 7.39. The van der Waals surface area contributed by atoms with E-state index in [-0.39, 0.29) is 21.5 Å². The van der Waals surface area contributed by atoms with E-state index in [4.69, 9.17) is 23.2 Å². The first-order chi connectivity index (χ1) is 8.45. The van der Waals surface area contributed by atoms with Crippen molar-refractivity contribution in [3.05, 3.63) is 34.7 Å². The van der Waals surface area contributed by atoms with Crippen molar-refractivity contribution in [2.45, 2.75) is 17.4 Å². The third-order valence-electron chi connectivity index (χ3n) is 2.69. The summed E-state index contributed by atoms with van der Waals surface area (Å²) >= 11 is 11.6. The molecule has 0 bridgehead atoms. The summed E-state index contributed by atoms with van der Waals surface area (Å²) in [5.41, 5.74) is 0. The van der Waals surface area contributed by atoms with Gasteiger partial charge in [-0.3, -0.25) is 0 Å². The summed E-state index contributed by atoms with van der Waals surface area (Å²) in [5.74, 6) is 0. The lowest BCUT2D eigenvalue weighted by Crippen LogP contribution is -2.36. The summed E-state index contributed by atoms with van der Waals surface area (Å²) in [6.45, 7) is 0.218. The molecule has 0 N–H and O–H groups in total. The Hall–Kier alpha value is -0.620. The summed E-state index contributed by atoms with van der Waals surface area (Å²) in [4.78, 5) is 10.9. The molecule has 0 amide bonds. The van der Waals surface area contributed by atoms with Crippen molar-refractivity contribution in [2.24, 2.45) is 0 Å². The van der Waals surface area contributed by atoms with Crippen LogP contribution < -0.4 is 0 Å². The number of rotatable bonds is 3. The standard InChI is InChI=1S/C11H10Cl2NO3S/c12-8-4-9(13)6-11(5-8)18(16,17)14-3-1-2-10(14)7-15/h1,4-7,10H,2-3H2/t10-/m0/s1. The van der Waals surface area contributed by atoms with Gasteiger partial charge in [0.25, 0.3) is 0 Å². The van der Waals surface area contributed by atoms with Crippen molar-refractivity contribution in [3.8, 4) is 0 Å². The predicted molar refractivity (Wildman–Crippen MR) is 69.1 cm³/mol. The van der Waals surface area contributed by atoms with Gasteiger partial charge < -0.3 is 4.79 Å². The number of carbonyl (C=O) groups is 1. The summed E-state index contributed by atoms with van der Waals surface area (Å²) in [6, 6.07) is 3.45. The molecule has 1 fully saturated rings. The van der Waals surface area contributed by atoms with Gasteiger partial charge in [-0.1, -0.05) is 23.2 Å². The highest BCUT2D eigenvalue weighted by atomic mass is 35.5. The van der Waals surface area contributed by atoms with Crippen LogP contribution in [-0.2, 0) is 14.8 Å². The monoisotopic (exact) mass is 306 g/mol. The third-order valence-corrected chi connectivity index (χ3v) is 4.99. The first-order valence-electron chi connectivity index (χ1n) is 5.20. The Bertz CT molecular complexity index is 553. The lowest BCUT2D eigenvalue weighted by molar-refractivity contribution is -0.110. The number of carbonyl (C=O) groups excluding carboxylic acids is 1. The molecular formula is C11H10Cl2NO3S. The fourth-order valence-electron chi connectivity index (χ4n) is 1.84. The number of hydrogen-bond donors (Lipinski definition) is 0. The minimum atomic E-state index is -3.74. The SMILES string of the molecule is O=C[C@@H]1C[CH]CN1S(=O)(=O)c1cc(Cl)cc(Cl)c1. The molecule has 1 aliphatic rings. The van der Waals surface area contributed by atoms with Crippen LogP contribution in [0.15, 0.2) is 23.1 Å². The molecule has 0 unspecified atom stereocenters. The second kappa shape index (κ2) is 5.17. The van der Waals surface area contributed by atoms with E-state index in [0.29, 0.717) is 12.7 Å². The molecular weight excluding hydrogens is 297 g/mol. The molecule has 7 heteroatoms. The average Bonchev–Trinajstić information content (AvgIpc) is 2.76. The molecule has 18 heavy (non-hydrogen) atoms. The van der Waals surface area contributed by atoms with Crippen LogP contribution in [0.25, 0.3) is 0 Å². The molecule has 0 spiro atoms. The third kappa shape index (κ3) is 2.54. The minimum Gasteiger partial charge on any atom is -0.302 e. The molecule has 0 aromatic heterocycles. The number of benzene rings is 1. The van der Waals surface area contributed by atoms with Gasteiger partial charge in [0, 0.05) is 16.6 Å². The second-order valence-electron chi connectivity index (χ2n) is 3.91. The zero-order valence-corrected chi connectivity index (χ0v) is 11.5. The van der Waals surface area contributed by atoms with Crippen molar-refractivity contribution < 1.29 is 13.2 Å². The van der Waals surface area contributed by atoms with Crippen LogP contribution in [-0.4, -0.2) is 31.6 Å². The van der Waals surface area contributed by atoms with E-state index < -0.39 is 16.1 Å². The highest BCUT2D eigenvalue weighted by Gasteiger charge is 2.35. The Morgan fingerprint density at radius 3 is 2.39 bits per heavy atom. The van der Waals surface area contributed by atoms with E-state index in [1.807, 2.05) is 0 Å². The quantitative estimate of drug-likeness (QED) is 0.804. The number of halogens is 2. The Kier molecular flexibility index (Phi) is 3.96. The maximum absolute atomic E-state index is 12.3. The second-order valence-corrected chi connectivity index (χ2v) is 6.67. The summed E-state index contributed by atoms with van der Waals surface area (Å²) in [6.07, 6.45) is 2.81. The maximum Gasteiger partial charge on any atom is 0.243 e. The van der Waals surface area contributed by atoms with Crippen LogP contribution in [0.3, 0.4) is 0 Å². The molecule has 1 aromatic rings. The van der Waals surface area contributed by atoms with E-state index >= 15 is 0 Å². The van der Waals surface area contributed by atoms with Crippen LogP contribution in [0.1, 0.15) is 6.42 Å². The van der Waals surface area contributed by atoms with Crippen LogP contribution in [0.2, 0.25) is 10.0 Å². The molecule has 2 rings (SSSR count). The fourth-order valence-corrected chi connectivity index (χ4v) is 4.11. The van der Waals surface area contributed by atoms with E-state index in [2.05, 4.69) is 0 Å². The van der Waals surface area contributed by atoms with Gasteiger partial charge in [-0.25, -0.2) is 8.42 Å². The Morgan fingerprint density at radius 1 is 1.22 bits per heavy atom. The number of sulfonamides is 1. The molecule has 1 saturated heterocycles. The van der Waals surface area contributed by atoms with Crippen molar-refractivity contribution >= 4 is 39.5 Å². The number of nitrogens with zero attached hydrogens (tertiary/aromatic N) is 1. The molecule has 0 saturated carbocycles.